The molecule has 1 aliphatic heterocycles. The van der Waals surface area contributed by atoms with E-state index in [-0.39, 0.29) is 6.03 Å². The maximum Gasteiger partial charge on any atom is 0.317 e. The smallest absolute Gasteiger partial charge is 0.317 e. The van der Waals surface area contributed by atoms with E-state index in [1.165, 1.54) is 38.5 Å². The topological polar surface area (TPSA) is 32.3 Å². The van der Waals surface area contributed by atoms with Crippen LogP contribution in [-0.4, -0.2) is 29.6 Å². The number of hydrogen-bond acceptors (Lipinski definition) is 1. The van der Waals surface area contributed by atoms with Crippen molar-refractivity contribution >= 4 is 6.03 Å². The summed E-state index contributed by atoms with van der Waals surface area (Å²) in [7, 11) is 0. The molecule has 0 spiro atoms. The van der Waals surface area contributed by atoms with E-state index in [2.05, 4.69) is 24.1 Å². The molecule has 1 heterocycles. The molecule has 0 aromatic rings. The maximum absolute atomic E-state index is 12.1. The molecule has 1 aliphatic carbocycles. The highest BCUT2D eigenvalue weighted by atomic mass is 16.2. The van der Waals surface area contributed by atoms with E-state index in [0.29, 0.717) is 18.0 Å². The van der Waals surface area contributed by atoms with Gasteiger partial charge in [0.15, 0.2) is 0 Å². The predicted molar refractivity (Wildman–Crippen MR) is 65.4 cm³/mol. The number of nitrogens with zero attached hydrogens (tertiary/aromatic N) is 1. The van der Waals surface area contributed by atoms with Crippen LogP contribution in [0, 0.1) is 5.92 Å². The molecule has 3 heteroatoms. The molecule has 0 aromatic heterocycles. The first-order valence-corrected chi connectivity index (χ1v) is 6.75. The van der Waals surface area contributed by atoms with Crippen LogP contribution in [0.4, 0.5) is 4.79 Å². The molecule has 16 heavy (non-hydrogen) atoms. The van der Waals surface area contributed by atoms with Crippen LogP contribution in [0.3, 0.4) is 0 Å². The molecule has 2 fully saturated rings. The fourth-order valence-corrected chi connectivity index (χ4v) is 3.07. The van der Waals surface area contributed by atoms with Crippen LogP contribution in [0.2, 0.25) is 0 Å². The number of amides is 2. The maximum atomic E-state index is 12.1. The first-order chi connectivity index (χ1) is 7.68. The summed E-state index contributed by atoms with van der Waals surface area (Å²) in [6, 6.07) is 1.09. The van der Waals surface area contributed by atoms with Gasteiger partial charge in [-0.15, -0.1) is 0 Å². The fourth-order valence-electron chi connectivity index (χ4n) is 3.07. The second kappa shape index (κ2) is 5.07. The molecule has 1 saturated carbocycles. The minimum atomic E-state index is 0.183. The van der Waals surface area contributed by atoms with Gasteiger partial charge in [-0.1, -0.05) is 26.7 Å². The Kier molecular flexibility index (Phi) is 3.72. The summed E-state index contributed by atoms with van der Waals surface area (Å²) in [6.07, 6.45) is 7.24. The van der Waals surface area contributed by atoms with Crippen molar-refractivity contribution in [3.05, 3.63) is 0 Å². The van der Waals surface area contributed by atoms with Crippen molar-refractivity contribution in [2.24, 2.45) is 5.92 Å². The molecule has 2 aliphatic rings. The summed E-state index contributed by atoms with van der Waals surface area (Å²) in [5, 5.41) is 3.19. The Morgan fingerprint density at radius 3 is 2.50 bits per heavy atom. The third kappa shape index (κ3) is 2.50. The van der Waals surface area contributed by atoms with Crippen LogP contribution >= 0.6 is 0 Å². The van der Waals surface area contributed by atoms with E-state index in [1.54, 1.807) is 0 Å². The van der Waals surface area contributed by atoms with Crippen LogP contribution in [0.5, 0.6) is 0 Å². The van der Waals surface area contributed by atoms with Gasteiger partial charge < -0.3 is 10.2 Å². The van der Waals surface area contributed by atoms with E-state index < -0.39 is 0 Å². The molecule has 0 radical (unpaired) electrons. The lowest BCUT2D eigenvalue weighted by Crippen LogP contribution is -2.47. The second-order valence-electron chi connectivity index (χ2n) is 5.58. The second-order valence-corrected chi connectivity index (χ2v) is 5.58. The molecule has 1 saturated heterocycles. The quantitative estimate of drug-likeness (QED) is 0.768. The zero-order valence-electron chi connectivity index (χ0n) is 10.5. The van der Waals surface area contributed by atoms with Gasteiger partial charge in [0, 0.05) is 18.6 Å². The van der Waals surface area contributed by atoms with Crippen LogP contribution in [0.1, 0.15) is 52.4 Å². The number of likely N-dealkylation sites (tertiary alicyclic amines) is 1. The zero-order valence-corrected chi connectivity index (χ0v) is 10.5. The summed E-state index contributed by atoms with van der Waals surface area (Å²) < 4.78 is 0. The van der Waals surface area contributed by atoms with E-state index in [1.807, 2.05) is 0 Å². The van der Waals surface area contributed by atoms with Gasteiger partial charge in [0.2, 0.25) is 0 Å². The van der Waals surface area contributed by atoms with Gasteiger partial charge in [0.1, 0.15) is 0 Å². The third-order valence-corrected chi connectivity index (χ3v) is 4.01. The molecule has 1 atom stereocenters. The Hall–Kier alpha value is -0.730. The monoisotopic (exact) mass is 224 g/mol. The Morgan fingerprint density at radius 1 is 1.19 bits per heavy atom. The van der Waals surface area contributed by atoms with Crippen molar-refractivity contribution in [2.45, 2.75) is 64.5 Å². The van der Waals surface area contributed by atoms with Crippen molar-refractivity contribution in [3.63, 3.8) is 0 Å². The predicted octanol–water partition coefficient (Wildman–Crippen LogP) is 2.76. The first kappa shape index (κ1) is 11.7. The number of urea groups is 1. The zero-order chi connectivity index (χ0) is 11.5. The lowest BCUT2D eigenvalue weighted by Gasteiger charge is -2.29. The molecule has 3 nitrogen and oxygen atoms in total. The van der Waals surface area contributed by atoms with Crippen LogP contribution < -0.4 is 5.32 Å². The minimum absolute atomic E-state index is 0.183. The standard InChI is InChI=1S/C13H24N2O/c1-10(2)12-8-5-9-15(12)13(16)14-11-6-3-4-7-11/h10-12H,3-9H2,1-2H3,(H,14,16). The van der Waals surface area contributed by atoms with Crippen molar-refractivity contribution in [3.8, 4) is 0 Å². The number of hydrogen-bond donors (Lipinski definition) is 1. The Balaban J connectivity index is 1.87. The van der Waals surface area contributed by atoms with Crippen molar-refractivity contribution in [1.82, 2.24) is 10.2 Å². The van der Waals surface area contributed by atoms with Gasteiger partial charge >= 0.3 is 6.03 Å². The SMILES string of the molecule is CC(C)C1CCCN1C(=O)NC1CCCC1. The number of rotatable bonds is 2. The summed E-state index contributed by atoms with van der Waals surface area (Å²) in [5.74, 6) is 0.580. The van der Waals surface area contributed by atoms with Gasteiger partial charge in [-0.2, -0.15) is 0 Å². The largest absolute Gasteiger partial charge is 0.335 e. The van der Waals surface area contributed by atoms with Crippen molar-refractivity contribution in [1.29, 1.82) is 0 Å². The van der Waals surface area contributed by atoms with Crippen LogP contribution in [-0.2, 0) is 0 Å². The minimum Gasteiger partial charge on any atom is -0.335 e. The Morgan fingerprint density at radius 2 is 1.88 bits per heavy atom. The van der Waals surface area contributed by atoms with Crippen molar-refractivity contribution < 1.29 is 4.79 Å². The molecular weight excluding hydrogens is 200 g/mol. The van der Waals surface area contributed by atoms with E-state index in [0.717, 1.165) is 6.54 Å². The van der Waals surface area contributed by atoms with Gasteiger partial charge in [-0.25, -0.2) is 4.79 Å². The summed E-state index contributed by atoms with van der Waals surface area (Å²) >= 11 is 0. The molecule has 0 bridgehead atoms. The summed E-state index contributed by atoms with van der Waals surface area (Å²) in [4.78, 5) is 14.2. The fraction of sp³-hybridized carbons (Fsp3) is 0.923. The van der Waals surface area contributed by atoms with E-state index >= 15 is 0 Å². The highest BCUT2D eigenvalue weighted by molar-refractivity contribution is 5.75. The molecule has 0 aromatic carbocycles. The van der Waals surface area contributed by atoms with E-state index in [4.69, 9.17) is 0 Å². The number of nitrogens with one attached hydrogen (secondary N) is 1. The molecule has 1 N–H and O–H groups in total. The van der Waals surface area contributed by atoms with Crippen LogP contribution in [0.25, 0.3) is 0 Å². The normalized spacial score (nSPS) is 26.7. The first-order valence-electron chi connectivity index (χ1n) is 6.75. The van der Waals surface area contributed by atoms with Crippen molar-refractivity contribution in [2.75, 3.05) is 6.54 Å². The highest BCUT2D eigenvalue weighted by Gasteiger charge is 2.31. The highest BCUT2D eigenvalue weighted by Crippen LogP contribution is 2.24. The summed E-state index contributed by atoms with van der Waals surface area (Å²) in [6.45, 7) is 5.37. The molecule has 92 valence electrons. The van der Waals surface area contributed by atoms with Crippen LogP contribution in [0.15, 0.2) is 0 Å². The lowest BCUT2D eigenvalue weighted by atomic mass is 10.0. The average Bonchev–Trinajstić information content (AvgIpc) is 2.86. The van der Waals surface area contributed by atoms with Gasteiger partial charge in [0.25, 0.3) is 0 Å². The average molecular weight is 224 g/mol. The molecule has 2 amide bonds. The third-order valence-electron chi connectivity index (χ3n) is 4.01. The van der Waals surface area contributed by atoms with E-state index in [9.17, 15) is 4.79 Å². The number of carbonyl (C=O) groups is 1. The van der Waals surface area contributed by atoms with Gasteiger partial charge in [-0.05, 0) is 31.6 Å². The van der Waals surface area contributed by atoms with Gasteiger partial charge in [0.05, 0.1) is 0 Å². The van der Waals surface area contributed by atoms with Gasteiger partial charge in [-0.3, -0.25) is 0 Å². The molecule has 2 rings (SSSR count). The lowest BCUT2D eigenvalue weighted by molar-refractivity contribution is 0.175. The molecular formula is C13H24N2O. The molecule has 1 unspecified atom stereocenters. The summed E-state index contributed by atoms with van der Waals surface area (Å²) in [5.41, 5.74) is 0. The Labute approximate surface area is 98.6 Å². The number of carbonyl (C=O) groups excluding carboxylic acids is 1. The Bertz CT molecular complexity index is 246.